The topological polar surface area (TPSA) is 94.5 Å². The average Bonchev–Trinajstić information content (AvgIpc) is 3.32. The number of rotatable bonds is 5. The second kappa shape index (κ2) is 7.82. The number of amides is 1. The molecule has 0 aliphatic carbocycles. The van der Waals surface area contributed by atoms with Gasteiger partial charge < -0.3 is 19.9 Å². The van der Waals surface area contributed by atoms with Gasteiger partial charge in [0.05, 0.1) is 5.56 Å². The van der Waals surface area contributed by atoms with Crippen molar-refractivity contribution in [2.24, 2.45) is 5.73 Å². The van der Waals surface area contributed by atoms with Crippen LogP contribution in [0.1, 0.15) is 33.6 Å². The molecule has 1 amide bonds. The molecule has 7 heteroatoms. The zero-order valence-electron chi connectivity index (χ0n) is 15.6. The number of nitrogens with zero attached hydrogens (tertiary/aromatic N) is 3. The van der Waals surface area contributed by atoms with Gasteiger partial charge in [-0.05, 0) is 17.7 Å². The van der Waals surface area contributed by atoms with Crippen molar-refractivity contribution in [2.45, 2.75) is 25.5 Å². The summed E-state index contributed by atoms with van der Waals surface area (Å²) in [4.78, 5) is 19.1. The van der Waals surface area contributed by atoms with Crippen LogP contribution in [0.4, 0.5) is 0 Å². The van der Waals surface area contributed by atoms with E-state index in [2.05, 4.69) is 22.3 Å². The molecule has 2 N–H and O–H groups in total. The Balaban J connectivity index is 1.49. The predicted octanol–water partition coefficient (Wildman–Crippen LogP) is 2.52. The summed E-state index contributed by atoms with van der Waals surface area (Å²) in [5, 5.41) is 3.81. The molecule has 7 nitrogen and oxygen atoms in total. The lowest BCUT2D eigenvalue weighted by atomic mass is 9.95. The normalized spacial score (nSPS) is 19.0. The van der Waals surface area contributed by atoms with E-state index in [1.165, 1.54) is 0 Å². The minimum Gasteiger partial charge on any atom is -0.485 e. The smallest absolute Gasteiger partial charge is 0.257 e. The van der Waals surface area contributed by atoms with Gasteiger partial charge in [-0.3, -0.25) is 4.79 Å². The largest absolute Gasteiger partial charge is 0.485 e. The van der Waals surface area contributed by atoms with E-state index in [9.17, 15) is 4.79 Å². The minimum atomic E-state index is -0.0956. The Labute approximate surface area is 163 Å². The minimum absolute atomic E-state index is 0.0891. The highest BCUT2D eigenvalue weighted by atomic mass is 16.5. The highest BCUT2D eigenvalue weighted by molar-refractivity contribution is 5.97. The highest BCUT2D eigenvalue weighted by Gasteiger charge is 2.35. The lowest BCUT2D eigenvalue weighted by Crippen LogP contribution is -2.32. The molecule has 0 saturated carbocycles. The average molecular weight is 378 g/mol. The first-order valence-corrected chi connectivity index (χ1v) is 9.22. The third-order valence-electron chi connectivity index (χ3n) is 4.92. The summed E-state index contributed by atoms with van der Waals surface area (Å²) in [6, 6.07) is 17.2. The lowest BCUT2D eigenvalue weighted by Gasteiger charge is -2.18. The summed E-state index contributed by atoms with van der Waals surface area (Å²) < 4.78 is 10.7. The van der Waals surface area contributed by atoms with E-state index in [0.29, 0.717) is 36.1 Å². The van der Waals surface area contributed by atoms with E-state index in [1.807, 2.05) is 30.3 Å². The number of nitrogens with two attached hydrogens (primary N) is 1. The fourth-order valence-electron chi connectivity index (χ4n) is 3.53. The highest BCUT2D eigenvalue weighted by Crippen LogP contribution is 2.29. The molecule has 2 aromatic carbocycles. The molecule has 3 aromatic rings. The Morgan fingerprint density at radius 1 is 1.18 bits per heavy atom. The van der Waals surface area contributed by atoms with Crippen LogP contribution in [-0.2, 0) is 6.61 Å². The fourth-order valence-corrected chi connectivity index (χ4v) is 3.53. The number of aryl methyl sites for hydroxylation is 1. The fraction of sp³-hybridized carbons (Fsp3) is 0.286. The molecule has 0 radical (unpaired) electrons. The number of ether oxygens (including phenoxy) is 1. The van der Waals surface area contributed by atoms with E-state index in [-0.39, 0.29) is 24.5 Å². The zero-order valence-corrected chi connectivity index (χ0v) is 15.6. The molecule has 2 heterocycles. The molecule has 144 valence electrons. The van der Waals surface area contributed by atoms with Crippen molar-refractivity contribution in [2.75, 3.05) is 13.1 Å². The maximum Gasteiger partial charge on any atom is 0.257 e. The lowest BCUT2D eigenvalue weighted by molar-refractivity contribution is 0.0784. The molecule has 0 spiro atoms. The van der Waals surface area contributed by atoms with Gasteiger partial charge in [0, 0.05) is 32.0 Å². The summed E-state index contributed by atoms with van der Waals surface area (Å²) in [6.45, 7) is 2.95. The zero-order chi connectivity index (χ0) is 19.5. The SMILES string of the molecule is Cc1nc(COc2ccccc2C(=O)N2C[C@@H](N)[C@H](c3ccccc3)C2)no1. The van der Waals surface area contributed by atoms with Crippen LogP contribution in [0.5, 0.6) is 5.75 Å². The molecule has 2 atom stereocenters. The summed E-state index contributed by atoms with van der Waals surface area (Å²) in [7, 11) is 0. The van der Waals surface area contributed by atoms with Gasteiger partial charge in [-0.25, -0.2) is 0 Å². The van der Waals surface area contributed by atoms with Crippen LogP contribution < -0.4 is 10.5 Å². The standard InChI is InChI=1S/C21H22N4O3/c1-14-23-20(24-28-14)13-27-19-10-6-5-9-16(19)21(26)25-11-17(18(22)12-25)15-7-3-2-4-8-15/h2-10,17-18H,11-13,22H2,1H3/t17-,18+/m0/s1. The van der Waals surface area contributed by atoms with Crippen LogP contribution in [0.2, 0.25) is 0 Å². The van der Waals surface area contributed by atoms with Crippen LogP contribution in [0.3, 0.4) is 0 Å². The molecule has 0 unspecified atom stereocenters. The number of para-hydroxylation sites is 1. The quantitative estimate of drug-likeness (QED) is 0.733. The van der Waals surface area contributed by atoms with Crippen molar-refractivity contribution >= 4 is 5.91 Å². The summed E-state index contributed by atoms with van der Waals surface area (Å²) >= 11 is 0. The van der Waals surface area contributed by atoms with E-state index in [4.69, 9.17) is 15.0 Å². The molecule has 1 aromatic heterocycles. The maximum absolute atomic E-state index is 13.1. The number of aromatic nitrogens is 2. The first-order valence-electron chi connectivity index (χ1n) is 9.22. The monoisotopic (exact) mass is 378 g/mol. The molecule has 1 aliphatic heterocycles. The van der Waals surface area contributed by atoms with E-state index in [1.54, 1.807) is 24.0 Å². The number of carbonyl (C=O) groups is 1. The number of hydrogen-bond donors (Lipinski definition) is 1. The number of likely N-dealkylation sites (tertiary alicyclic amines) is 1. The summed E-state index contributed by atoms with van der Waals surface area (Å²) in [5.41, 5.74) is 8.00. The van der Waals surface area contributed by atoms with E-state index in [0.717, 1.165) is 5.56 Å². The predicted molar refractivity (Wildman–Crippen MR) is 103 cm³/mol. The first-order chi connectivity index (χ1) is 13.6. The molecule has 0 bridgehead atoms. The number of carbonyl (C=O) groups excluding carboxylic acids is 1. The second-order valence-corrected chi connectivity index (χ2v) is 6.91. The van der Waals surface area contributed by atoms with Gasteiger partial charge in [0.15, 0.2) is 6.61 Å². The van der Waals surface area contributed by atoms with Crippen molar-refractivity contribution in [1.29, 1.82) is 0 Å². The Kier molecular flexibility index (Phi) is 5.08. The van der Waals surface area contributed by atoms with Crippen molar-refractivity contribution in [3.63, 3.8) is 0 Å². The Morgan fingerprint density at radius 3 is 2.68 bits per heavy atom. The van der Waals surface area contributed by atoms with Crippen LogP contribution in [-0.4, -0.2) is 40.1 Å². The van der Waals surface area contributed by atoms with Gasteiger partial charge in [0.2, 0.25) is 11.7 Å². The van der Waals surface area contributed by atoms with Crippen molar-refractivity contribution in [1.82, 2.24) is 15.0 Å². The van der Waals surface area contributed by atoms with Gasteiger partial charge in [-0.1, -0.05) is 47.6 Å². The van der Waals surface area contributed by atoms with Crippen LogP contribution in [0, 0.1) is 6.92 Å². The third kappa shape index (κ3) is 3.75. The number of hydrogen-bond acceptors (Lipinski definition) is 6. The number of benzene rings is 2. The van der Waals surface area contributed by atoms with Crippen LogP contribution in [0.25, 0.3) is 0 Å². The molecule has 1 fully saturated rings. The van der Waals surface area contributed by atoms with Gasteiger partial charge >= 0.3 is 0 Å². The molecule has 28 heavy (non-hydrogen) atoms. The molecular formula is C21H22N4O3. The summed E-state index contributed by atoms with van der Waals surface area (Å²) in [6.07, 6.45) is 0. The maximum atomic E-state index is 13.1. The third-order valence-corrected chi connectivity index (χ3v) is 4.92. The van der Waals surface area contributed by atoms with Gasteiger partial charge in [0.1, 0.15) is 5.75 Å². The second-order valence-electron chi connectivity index (χ2n) is 6.91. The summed E-state index contributed by atoms with van der Waals surface area (Å²) in [5.74, 6) is 1.44. The van der Waals surface area contributed by atoms with Crippen LogP contribution >= 0.6 is 0 Å². The Morgan fingerprint density at radius 2 is 1.93 bits per heavy atom. The molecule has 1 aliphatic rings. The Bertz CT molecular complexity index is 957. The molecule has 4 rings (SSSR count). The van der Waals surface area contributed by atoms with E-state index < -0.39 is 0 Å². The van der Waals surface area contributed by atoms with Crippen molar-refractivity contribution in [3.05, 3.63) is 77.4 Å². The van der Waals surface area contributed by atoms with Gasteiger partial charge in [-0.2, -0.15) is 4.98 Å². The van der Waals surface area contributed by atoms with Gasteiger partial charge in [0.25, 0.3) is 5.91 Å². The van der Waals surface area contributed by atoms with Gasteiger partial charge in [-0.15, -0.1) is 0 Å². The van der Waals surface area contributed by atoms with Crippen molar-refractivity contribution in [3.8, 4) is 5.75 Å². The molecular weight excluding hydrogens is 356 g/mol. The van der Waals surface area contributed by atoms with Crippen LogP contribution in [0.15, 0.2) is 59.1 Å². The first kappa shape index (κ1) is 18.2. The Hall–Kier alpha value is -3.19. The van der Waals surface area contributed by atoms with Crippen molar-refractivity contribution < 1.29 is 14.1 Å². The molecule has 1 saturated heterocycles. The van der Waals surface area contributed by atoms with E-state index >= 15 is 0 Å².